The van der Waals surface area contributed by atoms with Gasteiger partial charge in [-0.3, -0.25) is 9.88 Å². The van der Waals surface area contributed by atoms with Gasteiger partial charge < -0.3 is 9.64 Å². The molecular weight excluding hydrogens is 300 g/mol. The predicted molar refractivity (Wildman–Crippen MR) is 93.8 cm³/mol. The number of anilines is 1. The van der Waals surface area contributed by atoms with Crippen LogP contribution >= 0.6 is 0 Å². The average molecular weight is 324 g/mol. The Hall–Kier alpha value is -1.98. The summed E-state index contributed by atoms with van der Waals surface area (Å²) in [6.07, 6.45) is 4.90. The summed E-state index contributed by atoms with van der Waals surface area (Å²) in [6.45, 7) is 6.65. The van der Waals surface area contributed by atoms with Gasteiger partial charge in [0.15, 0.2) is 0 Å². The molecule has 24 heavy (non-hydrogen) atoms. The van der Waals surface area contributed by atoms with E-state index in [2.05, 4.69) is 44.0 Å². The van der Waals surface area contributed by atoms with E-state index in [0.29, 0.717) is 0 Å². The normalized spacial score (nSPS) is 25.1. The van der Waals surface area contributed by atoms with E-state index in [1.54, 1.807) is 0 Å². The summed E-state index contributed by atoms with van der Waals surface area (Å²) < 4.78 is 5.98. The summed E-state index contributed by atoms with van der Waals surface area (Å²) in [7, 11) is 0. The van der Waals surface area contributed by atoms with Crippen molar-refractivity contribution in [3.8, 4) is 0 Å². The van der Waals surface area contributed by atoms with Gasteiger partial charge in [0.1, 0.15) is 5.82 Å². The molecule has 0 radical (unpaired) electrons. The van der Waals surface area contributed by atoms with Gasteiger partial charge in [0.25, 0.3) is 0 Å². The second kappa shape index (κ2) is 6.87. The molecule has 0 bridgehead atoms. The standard InChI is InChI=1S/C19H24N4O/c1-3-8-20-17(5-1)13-22-11-12-24-16-19(14-22)7-10-23(15-19)18-6-2-4-9-21-18/h1-6,8-9H,7,10-16H2/t19-/m1/s1. The van der Waals surface area contributed by atoms with Crippen molar-refractivity contribution in [2.45, 2.75) is 13.0 Å². The largest absolute Gasteiger partial charge is 0.379 e. The zero-order valence-corrected chi connectivity index (χ0v) is 14.0. The summed E-state index contributed by atoms with van der Waals surface area (Å²) in [4.78, 5) is 13.9. The lowest BCUT2D eigenvalue weighted by Gasteiger charge is -2.31. The van der Waals surface area contributed by atoms with Crippen molar-refractivity contribution in [3.63, 3.8) is 0 Å². The van der Waals surface area contributed by atoms with Crippen molar-refractivity contribution in [3.05, 3.63) is 54.5 Å². The monoisotopic (exact) mass is 324 g/mol. The topological polar surface area (TPSA) is 41.5 Å². The molecule has 2 aliphatic heterocycles. The fourth-order valence-electron chi connectivity index (χ4n) is 3.86. The molecule has 0 N–H and O–H groups in total. The molecule has 2 saturated heterocycles. The van der Waals surface area contributed by atoms with Gasteiger partial charge in [-0.05, 0) is 30.7 Å². The molecule has 126 valence electrons. The van der Waals surface area contributed by atoms with E-state index in [9.17, 15) is 0 Å². The van der Waals surface area contributed by atoms with Crippen LogP contribution in [0.25, 0.3) is 0 Å². The first-order chi connectivity index (χ1) is 11.8. The SMILES string of the molecule is c1ccc(CN2CCOC[C@]3(CCN(c4ccccn4)C3)C2)nc1. The van der Waals surface area contributed by atoms with E-state index in [1.807, 2.05) is 24.5 Å². The van der Waals surface area contributed by atoms with Gasteiger partial charge >= 0.3 is 0 Å². The molecule has 5 heteroatoms. The highest BCUT2D eigenvalue weighted by Gasteiger charge is 2.41. The van der Waals surface area contributed by atoms with Gasteiger partial charge in [-0.15, -0.1) is 0 Å². The number of hydrogen-bond donors (Lipinski definition) is 0. The third-order valence-corrected chi connectivity index (χ3v) is 5.04. The summed E-state index contributed by atoms with van der Waals surface area (Å²) in [5, 5.41) is 0. The lowest BCUT2D eigenvalue weighted by Crippen LogP contribution is -2.40. The maximum absolute atomic E-state index is 5.98. The summed E-state index contributed by atoms with van der Waals surface area (Å²) >= 11 is 0. The maximum atomic E-state index is 5.98. The van der Waals surface area contributed by atoms with Crippen molar-refractivity contribution in [2.24, 2.45) is 5.41 Å². The molecule has 0 amide bonds. The second-order valence-electron chi connectivity index (χ2n) is 6.94. The minimum Gasteiger partial charge on any atom is -0.379 e. The first kappa shape index (κ1) is 15.5. The fourth-order valence-corrected chi connectivity index (χ4v) is 3.86. The molecule has 0 aliphatic carbocycles. The molecule has 1 atom stereocenters. The number of nitrogens with zero attached hydrogens (tertiary/aromatic N) is 4. The molecule has 1 spiro atoms. The third-order valence-electron chi connectivity index (χ3n) is 5.04. The maximum Gasteiger partial charge on any atom is 0.128 e. The van der Waals surface area contributed by atoms with Gasteiger partial charge in [0.2, 0.25) is 0 Å². The molecule has 5 nitrogen and oxygen atoms in total. The Kier molecular flexibility index (Phi) is 4.45. The van der Waals surface area contributed by atoms with Crippen molar-refractivity contribution in [1.82, 2.24) is 14.9 Å². The Bertz CT molecular complexity index is 651. The van der Waals surface area contributed by atoms with Gasteiger partial charge in [0.05, 0.1) is 18.9 Å². The minimum absolute atomic E-state index is 0.197. The second-order valence-corrected chi connectivity index (χ2v) is 6.94. The van der Waals surface area contributed by atoms with Gasteiger partial charge in [-0.2, -0.15) is 0 Å². The quantitative estimate of drug-likeness (QED) is 0.866. The summed E-state index contributed by atoms with van der Waals surface area (Å²) in [5.41, 5.74) is 1.33. The Balaban J connectivity index is 1.46. The number of pyridine rings is 2. The van der Waals surface area contributed by atoms with Crippen molar-refractivity contribution < 1.29 is 4.74 Å². The predicted octanol–water partition coefficient (Wildman–Crippen LogP) is 2.21. The zero-order valence-electron chi connectivity index (χ0n) is 14.0. The van der Waals surface area contributed by atoms with Gasteiger partial charge in [-0.25, -0.2) is 4.98 Å². The smallest absolute Gasteiger partial charge is 0.128 e. The van der Waals surface area contributed by atoms with Crippen LogP contribution in [0.5, 0.6) is 0 Å². The molecule has 2 aliphatic rings. The molecule has 4 heterocycles. The zero-order chi connectivity index (χ0) is 16.2. The molecule has 2 aromatic rings. The average Bonchev–Trinajstić information content (AvgIpc) is 2.94. The van der Waals surface area contributed by atoms with Crippen LogP contribution in [0.1, 0.15) is 12.1 Å². The van der Waals surface area contributed by atoms with E-state index in [-0.39, 0.29) is 5.41 Å². The van der Waals surface area contributed by atoms with Crippen LogP contribution < -0.4 is 4.90 Å². The lowest BCUT2D eigenvalue weighted by atomic mass is 9.87. The van der Waals surface area contributed by atoms with Gasteiger partial charge in [-0.1, -0.05) is 12.1 Å². The minimum atomic E-state index is 0.197. The molecule has 0 saturated carbocycles. The highest BCUT2D eigenvalue weighted by Crippen LogP contribution is 2.35. The molecule has 0 aromatic carbocycles. The highest BCUT2D eigenvalue weighted by atomic mass is 16.5. The van der Waals surface area contributed by atoms with E-state index in [4.69, 9.17) is 4.74 Å². The Morgan fingerprint density at radius 1 is 1.00 bits per heavy atom. The Morgan fingerprint density at radius 2 is 1.88 bits per heavy atom. The van der Waals surface area contributed by atoms with Crippen molar-refractivity contribution in [2.75, 3.05) is 44.3 Å². The van der Waals surface area contributed by atoms with Crippen LogP contribution in [-0.4, -0.2) is 54.3 Å². The highest BCUT2D eigenvalue weighted by molar-refractivity contribution is 5.40. The number of ether oxygens (including phenoxy) is 1. The van der Waals surface area contributed by atoms with Crippen LogP contribution in [0.2, 0.25) is 0 Å². The van der Waals surface area contributed by atoms with E-state index >= 15 is 0 Å². The summed E-state index contributed by atoms with van der Waals surface area (Å²) in [5.74, 6) is 1.08. The van der Waals surface area contributed by atoms with Crippen LogP contribution in [0.4, 0.5) is 5.82 Å². The molecular formula is C19H24N4O. The van der Waals surface area contributed by atoms with Crippen LogP contribution in [0.3, 0.4) is 0 Å². The summed E-state index contributed by atoms with van der Waals surface area (Å²) in [6, 6.07) is 12.3. The Labute approximate surface area is 143 Å². The first-order valence-corrected chi connectivity index (χ1v) is 8.69. The van der Waals surface area contributed by atoms with Crippen LogP contribution in [-0.2, 0) is 11.3 Å². The molecule has 0 unspecified atom stereocenters. The number of rotatable bonds is 3. The van der Waals surface area contributed by atoms with Crippen molar-refractivity contribution in [1.29, 1.82) is 0 Å². The van der Waals surface area contributed by atoms with E-state index in [0.717, 1.165) is 63.9 Å². The molecule has 4 rings (SSSR count). The third kappa shape index (κ3) is 3.42. The first-order valence-electron chi connectivity index (χ1n) is 8.69. The fraction of sp³-hybridized carbons (Fsp3) is 0.474. The van der Waals surface area contributed by atoms with E-state index in [1.165, 1.54) is 0 Å². The lowest BCUT2D eigenvalue weighted by molar-refractivity contribution is 0.0798. The number of hydrogen-bond acceptors (Lipinski definition) is 5. The Morgan fingerprint density at radius 3 is 2.67 bits per heavy atom. The van der Waals surface area contributed by atoms with Crippen LogP contribution in [0, 0.1) is 5.41 Å². The van der Waals surface area contributed by atoms with E-state index < -0.39 is 0 Å². The number of aromatic nitrogens is 2. The van der Waals surface area contributed by atoms with Crippen molar-refractivity contribution >= 4 is 5.82 Å². The van der Waals surface area contributed by atoms with Gasteiger partial charge in [0, 0.05) is 50.5 Å². The molecule has 2 aromatic heterocycles. The van der Waals surface area contributed by atoms with Crippen LogP contribution in [0.15, 0.2) is 48.8 Å². The molecule has 2 fully saturated rings.